The summed E-state index contributed by atoms with van der Waals surface area (Å²) >= 11 is 0. The first kappa shape index (κ1) is 14.3. The highest BCUT2D eigenvalue weighted by atomic mass is 16.5. The standard InChI is InChI=1S/C13H19NO4/c1-8(13(14)16)7-18-12-6-10(17-3)4-5-11(12)9(2)15/h4-6,8-9,15H,7H2,1-3H3,(H2,14,16)/t8?,9-/m1/s1. The number of aliphatic hydroxyl groups excluding tert-OH is 1. The van der Waals surface area contributed by atoms with Crippen molar-refractivity contribution in [1.82, 2.24) is 0 Å². The van der Waals surface area contributed by atoms with Crippen molar-refractivity contribution in [3.05, 3.63) is 23.8 Å². The summed E-state index contributed by atoms with van der Waals surface area (Å²) in [5.74, 6) is 0.313. The van der Waals surface area contributed by atoms with Crippen LogP contribution in [0, 0.1) is 5.92 Å². The van der Waals surface area contributed by atoms with Gasteiger partial charge >= 0.3 is 0 Å². The summed E-state index contributed by atoms with van der Waals surface area (Å²) in [5, 5.41) is 9.63. The van der Waals surface area contributed by atoms with Gasteiger partial charge in [0.2, 0.25) is 5.91 Å². The summed E-state index contributed by atoms with van der Waals surface area (Å²) in [6.45, 7) is 3.50. The van der Waals surface area contributed by atoms with Crippen LogP contribution >= 0.6 is 0 Å². The minimum Gasteiger partial charge on any atom is -0.497 e. The van der Waals surface area contributed by atoms with E-state index < -0.39 is 17.9 Å². The summed E-state index contributed by atoms with van der Waals surface area (Å²) in [6, 6.07) is 5.15. The number of rotatable bonds is 6. The summed E-state index contributed by atoms with van der Waals surface area (Å²) in [7, 11) is 1.55. The van der Waals surface area contributed by atoms with E-state index in [1.165, 1.54) is 0 Å². The summed E-state index contributed by atoms with van der Waals surface area (Å²) in [5.41, 5.74) is 5.81. The molecule has 1 unspecified atom stereocenters. The molecule has 0 aliphatic rings. The van der Waals surface area contributed by atoms with Crippen LogP contribution in [0.2, 0.25) is 0 Å². The Hall–Kier alpha value is -1.75. The molecule has 0 heterocycles. The van der Waals surface area contributed by atoms with Crippen molar-refractivity contribution in [1.29, 1.82) is 0 Å². The van der Waals surface area contributed by atoms with Crippen molar-refractivity contribution in [2.75, 3.05) is 13.7 Å². The molecule has 1 aromatic carbocycles. The molecule has 1 aromatic rings. The first-order valence-electron chi connectivity index (χ1n) is 5.73. The maximum Gasteiger partial charge on any atom is 0.223 e. The predicted octanol–water partition coefficient (Wildman–Crippen LogP) is 1.25. The number of amides is 1. The molecule has 2 atom stereocenters. The Morgan fingerprint density at radius 3 is 2.61 bits per heavy atom. The van der Waals surface area contributed by atoms with Crippen LogP contribution in [0.15, 0.2) is 18.2 Å². The first-order valence-corrected chi connectivity index (χ1v) is 5.73. The maximum atomic E-state index is 10.9. The molecule has 0 aliphatic heterocycles. The summed E-state index contributed by atoms with van der Waals surface area (Å²) in [4.78, 5) is 10.9. The number of hydrogen-bond donors (Lipinski definition) is 2. The topological polar surface area (TPSA) is 81.8 Å². The third kappa shape index (κ3) is 3.63. The van der Waals surface area contributed by atoms with Crippen LogP contribution < -0.4 is 15.2 Å². The minimum atomic E-state index is -0.658. The lowest BCUT2D eigenvalue weighted by molar-refractivity contribution is -0.122. The Balaban J connectivity index is 2.87. The fraction of sp³-hybridized carbons (Fsp3) is 0.462. The average Bonchev–Trinajstić information content (AvgIpc) is 2.34. The van der Waals surface area contributed by atoms with E-state index in [0.717, 1.165) is 0 Å². The smallest absolute Gasteiger partial charge is 0.223 e. The molecular weight excluding hydrogens is 234 g/mol. The third-order valence-electron chi connectivity index (χ3n) is 2.65. The summed E-state index contributed by atoms with van der Waals surface area (Å²) < 4.78 is 10.6. The van der Waals surface area contributed by atoms with Crippen molar-refractivity contribution >= 4 is 5.91 Å². The molecule has 0 aliphatic carbocycles. The van der Waals surface area contributed by atoms with Gasteiger partial charge in [0.25, 0.3) is 0 Å². The lowest BCUT2D eigenvalue weighted by Gasteiger charge is -2.16. The number of nitrogens with two attached hydrogens (primary N) is 1. The van der Waals surface area contributed by atoms with Crippen LogP contribution in [0.3, 0.4) is 0 Å². The molecule has 0 fully saturated rings. The van der Waals surface area contributed by atoms with Gasteiger partial charge in [-0.1, -0.05) is 6.92 Å². The van der Waals surface area contributed by atoms with E-state index in [1.54, 1.807) is 39.2 Å². The Morgan fingerprint density at radius 1 is 1.44 bits per heavy atom. The van der Waals surface area contributed by atoms with E-state index in [-0.39, 0.29) is 6.61 Å². The molecule has 5 heteroatoms. The Kier molecular flexibility index (Phi) is 4.97. The van der Waals surface area contributed by atoms with Crippen LogP contribution in [0.5, 0.6) is 11.5 Å². The van der Waals surface area contributed by atoms with Crippen LogP contribution in [0.1, 0.15) is 25.5 Å². The van der Waals surface area contributed by atoms with Crippen LogP contribution in [0.25, 0.3) is 0 Å². The molecule has 100 valence electrons. The Bertz CT molecular complexity index is 417. The van der Waals surface area contributed by atoms with Gasteiger partial charge in [-0.25, -0.2) is 0 Å². The molecule has 0 bridgehead atoms. The highest BCUT2D eigenvalue weighted by Gasteiger charge is 2.14. The molecule has 0 aromatic heterocycles. The number of ether oxygens (including phenoxy) is 2. The minimum absolute atomic E-state index is 0.169. The second kappa shape index (κ2) is 6.26. The number of carbonyl (C=O) groups excluding carboxylic acids is 1. The lowest BCUT2D eigenvalue weighted by atomic mass is 10.1. The van der Waals surface area contributed by atoms with E-state index in [0.29, 0.717) is 17.1 Å². The van der Waals surface area contributed by atoms with Crippen molar-refractivity contribution < 1.29 is 19.4 Å². The molecule has 0 saturated heterocycles. The Labute approximate surface area is 107 Å². The maximum absolute atomic E-state index is 10.9. The highest BCUT2D eigenvalue weighted by Crippen LogP contribution is 2.29. The fourth-order valence-electron chi connectivity index (χ4n) is 1.41. The molecular formula is C13H19NO4. The number of hydrogen-bond acceptors (Lipinski definition) is 4. The van der Waals surface area contributed by atoms with E-state index in [4.69, 9.17) is 15.2 Å². The highest BCUT2D eigenvalue weighted by molar-refractivity contribution is 5.76. The van der Waals surface area contributed by atoms with Crippen LogP contribution in [0.4, 0.5) is 0 Å². The number of methoxy groups -OCH3 is 1. The van der Waals surface area contributed by atoms with E-state index in [9.17, 15) is 9.90 Å². The molecule has 3 N–H and O–H groups in total. The van der Waals surface area contributed by atoms with E-state index in [2.05, 4.69) is 0 Å². The lowest BCUT2D eigenvalue weighted by Crippen LogP contribution is -2.26. The Morgan fingerprint density at radius 2 is 2.11 bits per heavy atom. The molecule has 0 radical (unpaired) electrons. The summed E-state index contributed by atoms with van der Waals surface area (Å²) in [6.07, 6.45) is -0.658. The second-order valence-electron chi connectivity index (χ2n) is 4.19. The van der Waals surface area contributed by atoms with Gasteiger partial charge in [-0.2, -0.15) is 0 Å². The number of benzene rings is 1. The van der Waals surface area contributed by atoms with Gasteiger partial charge in [0.15, 0.2) is 0 Å². The molecule has 1 amide bonds. The van der Waals surface area contributed by atoms with E-state index in [1.807, 2.05) is 0 Å². The quantitative estimate of drug-likeness (QED) is 0.799. The van der Waals surface area contributed by atoms with Crippen LogP contribution in [-0.2, 0) is 4.79 Å². The fourth-order valence-corrected chi connectivity index (χ4v) is 1.41. The van der Waals surface area contributed by atoms with Crippen molar-refractivity contribution in [2.45, 2.75) is 20.0 Å². The molecule has 1 rings (SSSR count). The second-order valence-corrected chi connectivity index (χ2v) is 4.19. The molecule has 0 saturated carbocycles. The molecule has 18 heavy (non-hydrogen) atoms. The third-order valence-corrected chi connectivity index (χ3v) is 2.65. The SMILES string of the molecule is COc1ccc([C@@H](C)O)c(OCC(C)C(N)=O)c1. The monoisotopic (exact) mass is 253 g/mol. The number of carbonyl (C=O) groups is 1. The average molecular weight is 253 g/mol. The van der Waals surface area contributed by atoms with Gasteiger partial charge in [0.05, 0.1) is 25.7 Å². The first-order chi connectivity index (χ1) is 8.45. The van der Waals surface area contributed by atoms with Crippen molar-refractivity contribution in [3.8, 4) is 11.5 Å². The zero-order chi connectivity index (χ0) is 13.7. The predicted molar refractivity (Wildman–Crippen MR) is 67.5 cm³/mol. The van der Waals surface area contributed by atoms with E-state index >= 15 is 0 Å². The zero-order valence-corrected chi connectivity index (χ0v) is 10.8. The van der Waals surface area contributed by atoms with Gasteiger partial charge < -0.3 is 20.3 Å². The van der Waals surface area contributed by atoms with Gasteiger partial charge in [-0.3, -0.25) is 4.79 Å². The van der Waals surface area contributed by atoms with Crippen molar-refractivity contribution in [2.24, 2.45) is 11.7 Å². The molecule has 0 spiro atoms. The number of primary amides is 1. The normalized spacial score (nSPS) is 13.8. The molecule has 5 nitrogen and oxygen atoms in total. The van der Waals surface area contributed by atoms with Gasteiger partial charge in [0, 0.05) is 11.6 Å². The zero-order valence-electron chi connectivity index (χ0n) is 10.8. The van der Waals surface area contributed by atoms with Gasteiger partial charge in [-0.15, -0.1) is 0 Å². The van der Waals surface area contributed by atoms with Crippen LogP contribution in [-0.4, -0.2) is 24.7 Å². The van der Waals surface area contributed by atoms with Crippen molar-refractivity contribution in [3.63, 3.8) is 0 Å². The largest absolute Gasteiger partial charge is 0.497 e. The number of aliphatic hydroxyl groups is 1. The van der Waals surface area contributed by atoms with Gasteiger partial charge in [0.1, 0.15) is 11.5 Å². The van der Waals surface area contributed by atoms with Gasteiger partial charge in [-0.05, 0) is 19.1 Å².